The Morgan fingerprint density at radius 2 is 1.68 bits per heavy atom. The Morgan fingerprint density at radius 1 is 1.03 bits per heavy atom. The first-order chi connectivity index (χ1) is 14.4. The van der Waals surface area contributed by atoms with Gasteiger partial charge in [0, 0.05) is 16.6 Å². The Bertz CT molecular complexity index is 1130. The van der Waals surface area contributed by atoms with Crippen molar-refractivity contribution >= 4 is 22.8 Å². The van der Waals surface area contributed by atoms with Crippen molar-refractivity contribution in [1.82, 2.24) is 4.57 Å². The van der Waals surface area contributed by atoms with Gasteiger partial charge in [0.1, 0.15) is 5.75 Å². The van der Waals surface area contributed by atoms with E-state index in [0.29, 0.717) is 22.2 Å². The summed E-state index contributed by atoms with van der Waals surface area (Å²) in [6, 6.07) is 11.3. The highest BCUT2D eigenvalue weighted by molar-refractivity contribution is 6.04. The quantitative estimate of drug-likeness (QED) is 0.556. The standard InChI is InChI=1S/C21H16F5NO4/c1-12-9-16-14(10-18(28)29)3-2-4-17(16)27(12)19(30)13-5-7-15(8-6-13)31-11-20(22,23)21(24,25)26/h2-9H,10-11H2,1H3,(H,28,29). The van der Waals surface area contributed by atoms with Gasteiger partial charge in [-0.05, 0) is 48.9 Å². The van der Waals surface area contributed by atoms with Crippen LogP contribution in [-0.2, 0) is 11.2 Å². The molecule has 1 aromatic heterocycles. The van der Waals surface area contributed by atoms with Crippen molar-refractivity contribution in [2.24, 2.45) is 0 Å². The summed E-state index contributed by atoms with van der Waals surface area (Å²) in [4.78, 5) is 24.0. The van der Waals surface area contributed by atoms with Gasteiger partial charge in [0.15, 0.2) is 6.61 Å². The minimum absolute atomic E-state index is 0.138. The van der Waals surface area contributed by atoms with Crippen molar-refractivity contribution in [3.05, 3.63) is 65.4 Å². The Morgan fingerprint density at radius 3 is 2.26 bits per heavy atom. The van der Waals surface area contributed by atoms with E-state index in [4.69, 9.17) is 5.11 Å². The van der Waals surface area contributed by atoms with Gasteiger partial charge < -0.3 is 9.84 Å². The van der Waals surface area contributed by atoms with Crippen LogP contribution in [0.3, 0.4) is 0 Å². The summed E-state index contributed by atoms with van der Waals surface area (Å²) in [6.07, 6.45) is -5.95. The second kappa shape index (κ2) is 8.01. The zero-order valence-corrected chi connectivity index (χ0v) is 16.0. The van der Waals surface area contributed by atoms with Crippen molar-refractivity contribution < 1.29 is 41.4 Å². The number of aliphatic carboxylic acids is 1. The van der Waals surface area contributed by atoms with Gasteiger partial charge in [0.25, 0.3) is 5.91 Å². The molecule has 0 aliphatic rings. The van der Waals surface area contributed by atoms with E-state index < -0.39 is 30.6 Å². The molecule has 0 saturated heterocycles. The number of aryl methyl sites for hydroxylation is 1. The van der Waals surface area contributed by atoms with E-state index in [9.17, 15) is 31.5 Å². The molecule has 164 valence electrons. The van der Waals surface area contributed by atoms with Crippen LogP contribution in [-0.4, -0.2) is 40.3 Å². The Balaban J connectivity index is 1.85. The van der Waals surface area contributed by atoms with Crippen LogP contribution in [0.4, 0.5) is 22.0 Å². The fraction of sp³-hybridized carbons (Fsp3) is 0.238. The summed E-state index contributed by atoms with van der Waals surface area (Å²) in [5, 5.41) is 9.66. The lowest BCUT2D eigenvalue weighted by molar-refractivity contribution is -0.290. The maximum Gasteiger partial charge on any atom is 0.456 e. The first-order valence-corrected chi connectivity index (χ1v) is 8.94. The molecule has 3 aromatic rings. The van der Waals surface area contributed by atoms with Crippen LogP contribution in [0.5, 0.6) is 5.75 Å². The number of carboxylic acid groups (broad SMARTS) is 1. The van der Waals surface area contributed by atoms with Gasteiger partial charge in [-0.25, -0.2) is 0 Å². The number of aromatic nitrogens is 1. The minimum Gasteiger partial charge on any atom is -0.487 e. The van der Waals surface area contributed by atoms with Crippen LogP contribution in [0.15, 0.2) is 48.5 Å². The highest BCUT2D eigenvalue weighted by Crippen LogP contribution is 2.35. The van der Waals surface area contributed by atoms with Crippen LogP contribution < -0.4 is 4.74 Å². The van der Waals surface area contributed by atoms with Crippen molar-refractivity contribution in [2.45, 2.75) is 25.4 Å². The highest BCUT2D eigenvalue weighted by Gasteiger charge is 2.58. The molecule has 0 radical (unpaired) electrons. The van der Waals surface area contributed by atoms with Crippen LogP contribution in [0.2, 0.25) is 0 Å². The number of rotatable bonds is 6. The second-order valence-corrected chi connectivity index (χ2v) is 6.86. The van der Waals surface area contributed by atoms with Gasteiger partial charge >= 0.3 is 18.1 Å². The summed E-state index contributed by atoms with van der Waals surface area (Å²) >= 11 is 0. The summed E-state index contributed by atoms with van der Waals surface area (Å²) < 4.78 is 68.5. The van der Waals surface area contributed by atoms with Gasteiger partial charge in [-0.15, -0.1) is 0 Å². The Kier molecular flexibility index (Phi) is 5.75. The van der Waals surface area contributed by atoms with Gasteiger partial charge in [0.05, 0.1) is 11.9 Å². The number of carboxylic acids is 1. The molecule has 2 aromatic carbocycles. The smallest absolute Gasteiger partial charge is 0.456 e. The average molecular weight is 441 g/mol. The highest BCUT2D eigenvalue weighted by atomic mass is 19.4. The predicted octanol–water partition coefficient (Wildman–Crippen LogP) is 4.84. The molecule has 0 spiro atoms. The molecule has 10 heteroatoms. The number of carbonyl (C=O) groups excluding carboxylic acids is 1. The molecule has 3 rings (SSSR count). The molecule has 0 bridgehead atoms. The molecule has 0 aliphatic carbocycles. The zero-order valence-electron chi connectivity index (χ0n) is 16.0. The molecule has 31 heavy (non-hydrogen) atoms. The van der Waals surface area contributed by atoms with Crippen molar-refractivity contribution in [3.63, 3.8) is 0 Å². The van der Waals surface area contributed by atoms with Gasteiger partial charge in [-0.2, -0.15) is 22.0 Å². The minimum atomic E-state index is -5.73. The van der Waals surface area contributed by atoms with Crippen LogP contribution in [0.25, 0.3) is 10.9 Å². The fourth-order valence-corrected chi connectivity index (χ4v) is 3.09. The summed E-state index contributed by atoms with van der Waals surface area (Å²) in [7, 11) is 0. The average Bonchev–Trinajstić information content (AvgIpc) is 3.02. The largest absolute Gasteiger partial charge is 0.487 e. The molecular formula is C21H16F5NO4. The third kappa shape index (κ3) is 4.52. The van der Waals surface area contributed by atoms with Gasteiger partial charge in [-0.3, -0.25) is 14.2 Å². The topological polar surface area (TPSA) is 68.5 Å². The number of hydrogen-bond acceptors (Lipinski definition) is 3. The van der Waals surface area contributed by atoms with Gasteiger partial charge in [0.2, 0.25) is 0 Å². The molecule has 0 fully saturated rings. The molecule has 0 unspecified atom stereocenters. The van der Waals surface area contributed by atoms with Crippen LogP contribution in [0, 0.1) is 6.92 Å². The van der Waals surface area contributed by atoms with Gasteiger partial charge in [-0.1, -0.05) is 12.1 Å². The van der Waals surface area contributed by atoms with E-state index in [1.165, 1.54) is 16.7 Å². The molecular weight excluding hydrogens is 425 g/mol. The van der Waals surface area contributed by atoms with Crippen molar-refractivity contribution in [2.75, 3.05) is 6.61 Å². The maximum atomic E-state index is 13.0. The van der Waals surface area contributed by atoms with E-state index >= 15 is 0 Å². The maximum absolute atomic E-state index is 13.0. The van der Waals surface area contributed by atoms with Crippen LogP contribution >= 0.6 is 0 Å². The number of halogens is 5. The summed E-state index contributed by atoms with van der Waals surface area (Å²) in [5.74, 6) is -6.75. The third-order valence-corrected chi connectivity index (χ3v) is 4.60. The first-order valence-electron chi connectivity index (χ1n) is 8.94. The molecule has 0 saturated carbocycles. The summed E-state index contributed by atoms with van der Waals surface area (Å²) in [6.45, 7) is -0.212. The zero-order chi connectivity index (χ0) is 23.0. The molecule has 1 N–H and O–H groups in total. The lowest BCUT2D eigenvalue weighted by atomic mass is 10.1. The fourth-order valence-electron chi connectivity index (χ4n) is 3.09. The van der Waals surface area contributed by atoms with E-state index in [1.54, 1.807) is 31.2 Å². The Hall–Kier alpha value is -3.43. The molecule has 5 nitrogen and oxygen atoms in total. The van der Waals surface area contributed by atoms with Crippen LogP contribution in [0.1, 0.15) is 21.6 Å². The SMILES string of the molecule is Cc1cc2c(CC(=O)O)cccc2n1C(=O)c1ccc(OCC(F)(F)C(F)(F)F)cc1. The number of fused-ring (bicyclic) bond motifs is 1. The molecule has 1 heterocycles. The lowest BCUT2D eigenvalue weighted by Gasteiger charge is -2.19. The van der Waals surface area contributed by atoms with E-state index in [-0.39, 0.29) is 17.7 Å². The Labute approximate surface area is 172 Å². The summed E-state index contributed by atoms with van der Waals surface area (Å²) in [5.41, 5.74) is 1.71. The molecule has 0 atom stereocenters. The number of ether oxygens (including phenoxy) is 1. The normalized spacial score (nSPS) is 12.2. The third-order valence-electron chi connectivity index (χ3n) is 4.60. The monoisotopic (exact) mass is 441 g/mol. The number of alkyl halides is 5. The predicted molar refractivity (Wildman–Crippen MR) is 101 cm³/mol. The first kappa shape index (κ1) is 22.3. The van der Waals surface area contributed by atoms with Crippen molar-refractivity contribution in [1.29, 1.82) is 0 Å². The van der Waals surface area contributed by atoms with E-state index in [0.717, 1.165) is 12.1 Å². The number of hydrogen-bond donors (Lipinski definition) is 1. The molecule has 0 aliphatic heterocycles. The van der Waals surface area contributed by atoms with Crippen molar-refractivity contribution in [3.8, 4) is 5.75 Å². The van der Waals surface area contributed by atoms with E-state index in [1.807, 2.05) is 0 Å². The number of nitrogens with zero attached hydrogens (tertiary/aromatic N) is 1. The molecule has 0 amide bonds. The lowest BCUT2D eigenvalue weighted by Crippen LogP contribution is -2.41. The number of benzene rings is 2. The van der Waals surface area contributed by atoms with E-state index in [2.05, 4.69) is 4.74 Å². The number of carbonyl (C=O) groups is 2. The second-order valence-electron chi connectivity index (χ2n) is 6.86.